The Morgan fingerprint density at radius 2 is 2.04 bits per heavy atom. The van der Waals surface area contributed by atoms with Crippen LogP contribution >= 0.6 is 0 Å². The van der Waals surface area contributed by atoms with Crippen molar-refractivity contribution in [2.75, 3.05) is 19.4 Å². The van der Waals surface area contributed by atoms with E-state index in [2.05, 4.69) is 28.9 Å². The molecule has 142 valence electrons. The molecule has 1 aliphatic rings. The molecule has 1 aromatic heterocycles. The Kier molecular flexibility index (Phi) is 6.11. The van der Waals surface area contributed by atoms with Gasteiger partial charge in [0.25, 0.3) is 0 Å². The first-order chi connectivity index (χ1) is 12.5. The zero-order valence-electron chi connectivity index (χ0n) is 15.5. The first kappa shape index (κ1) is 19.1. The molecule has 1 unspecified atom stereocenters. The molecule has 0 saturated carbocycles. The lowest BCUT2D eigenvalue weighted by atomic mass is 10.2. The second kappa shape index (κ2) is 8.33. The molecule has 1 atom stereocenters. The van der Waals surface area contributed by atoms with Crippen molar-refractivity contribution >= 4 is 9.84 Å². The lowest BCUT2D eigenvalue weighted by Gasteiger charge is -2.22. The van der Waals surface area contributed by atoms with Gasteiger partial charge < -0.3 is 9.30 Å². The highest BCUT2D eigenvalue weighted by molar-refractivity contribution is 7.90. The lowest BCUT2D eigenvalue weighted by molar-refractivity contribution is 0.0932. The van der Waals surface area contributed by atoms with Gasteiger partial charge in [-0.1, -0.05) is 37.3 Å². The van der Waals surface area contributed by atoms with Crippen LogP contribution in [0.15, 0.2) is 41.7 Å². The third-order valence-corrected chi connectivity index (χ3v) is 5.71. The molecule has 26 heavy (non-hydrogen) atoms. The van der Waals surface area contributed by atoms with Crippen LogP contribution in [0.5, 0.6) is 0 Å². The highest BCUT2D eigenvalue weighted by Gasteiger charge is 2.24. The zero-order valence-corrected chi connectivity index (χ0v) is 16.3. The first-order valence-corrected chi connectivity index (χ1v) is 11.0. The molecular weight excluding hydrogens is 350 g/mol. The van der Waals surface area contributed by atoms with Gasteiger partial charge in [-0.15, -0.1) is 0 Å². The maximum Gasteiger partial charge on any atom is 0.227 e. The van der Waals surface area contributed by atoms with Crippen molar-refractivity contribution in [3.8, 4) is 0 Å². The van der Waals surface area contributed by atoms with Gasteiger partial charge >= 0.3 is 0 Å². The molecule has 1 fully saturated rings. The predicted octanol–water partition coefficient (Wildman–Crippen LogP) is 2.49. The lowest BCUT2D eigenvalue weighted by Crippen LogP contribution is -2.26. The molecule has 2 heterocycles. The van der Waals surface area contributed by atoms with Crippen LogP contribution in [0.25, 0.3) is 0 Å². The van der Waals surface area contributed by atoms with E-state index in [1.165, 1.54) is 11.8 Å². The Labute approximate surface area is 155 Å². The fourth-order valence-electron chi connectivity index (χ4n) is 3.35. The molecule has 2 aromatic rings. The van der Waals surface area contributed by atoms with Gasteiger partial charge in [-0.05, 0) is 24.9 Å². The fourth-order valence-corrected chi connectivity index (χ4v) is 4.19. The maximum atomic E-state index is 12.1. The van der Waals surface area contributed by atoms with Crippen LogP contribution in [-0.4, -0.2) is 48.4 Å². The average Bonchev–Trinajstić information content (AvgIpc) is 3.25. The van der Waals surface area contributed by atoms with E-state index in [0.29, 0.717) is 13.1 Å². The van der Waals surface area contributed by atoms with E-state index in [1.807, 2.05) is 22.8 Å². The third-order valence-electron chi connectivity index (χ3n) is 4.73. The number of sulfone groups is 1. The number of hydrogen-bond acceptors (Lipinski definition) is 5. The number of hydrogen-bond donors (Lipinski definition) is 0. The molecule has 0 amide bonds. The first-order valence-electron chi connectivity index (χ1n) is 9.09. The number of rotatable bonds is 8. The molecule has 0 spiro atoms. The minimum absolute atomic E-state index is 0.0626. The Morgan fingerprint density at radius 3 is 2.65 bits per heavy atom. The number of benzene rings is 1. The number of imidazole rings is 1. The molecule has 0 bridgehead atoms. The smallest absolute Gasteiger partial charge is 0.227 e. The van der Waals surface area contributed by atoms with Gasteiger partial charge in [0, 0.05) is 26.0 Å². The molecule has 0 aliphatic carbocycles. The van der Waals surface area contributed by atoms with Crippen molar-refractivity contribution in [3.05, 3.63) is 47.8 Å². The molecule has 6 nitrogen and oxygen atoms in total. The quantitative estimate of drug-likeness (QED) is 0.707. The fraction of sp³-hybridized carbons (Fsp3) is 0.526. The second-order valence-electron chi connectivity index (χ2n) is 6.84. The van der Waals surface area contributed by atoms with E-state index < -0.39 is 9.84 Å². The van der Waals surface area contributed by atoms with Crippen LogP contribution in [0, 0.1) is 0 Å². The number of nitrogens with zero attached hydrogens (tertiary/aromatic N) is 3. The van der Waals surface area contributed by atoms with Crippen molar-refractivity contribution in [3.63, 3.8) is 0 Å². The summed E-state index contributed by atoms with van der Waals surface area (Å²) in [5.74, 6) is 0. The van der Waals surface area contributed by atoms with Gasteiger partial charge in [-0.25, -0.2) is 13.4 Å². The average molecular weight is 378 g/mol. The summed E-state index contributed by atoms with van der Waals surface area (Å²) in [6.45, 7) is 5.74. The van der Waals surface area contributed by atoms with E-state index in [4.69, 9.17) is 4.74 Å². The van der Waals surface area contributed by atoms with Crippen LogP contribution in [0.2, 0.25) is 0 Å². The highest BCUT2D eigenvalue weighted by Crippen LogP contribution is 2.20. The minimum Gasteiger partial charge on any atom is -0.376 e. The monoisotopic (exact) mass is 377 g/mol. The SMILES string of the molecule is CCN(Cc1ccccc1)Cc1cnc(S(C)(=O)=O)n1CC1CCCO1. The summed E-state index contributed by atoms with van der Waals surface area (Å²) in [5.41, 5.74) is 2.15. The molecule has 0 radical (unpaired) electrons. The van der Waals surface area contributed by atoms with Crippen molar-refractivity contribution in [1.29, 1.82) is 0 Å². The Bertz CT molecular complexity index is 812. The Balaban J connectivity index is 1.82. The summed E-state index contributed by atoms with van der Waals surface area (Å²) >= 11 is 0. The van der Waals surface area contributed by atoms with Crippen molar-refractivity contribution in [1.82, 2.24) is 14.5 Å². The standard InChI is InChI=1S/C19H27N3O3S/c1-3-21(13-16-8-5-4-6-9-16)14-17-12-20-19(26(2,23)24)22(17)15-18-10-7-11-25-18/h4-6,8-9,12,18H,3,7,10-11,13-15H2,1-2H3. The van der Waals surface area contributed by atoms with E-state index in [1.54, 1.807) is 6.20 Å². The van der Waals surface area contributed by atoms with Gasteiger partial charge in [0.05, 0.1) is 24.5 Å². The molecule has 1 saturated heterocycles. The van der Waals surface area contributed by atoms with E-state index in [9.17, 15) is 8.42 Å². The Morgan fingerprint density at radius 1 is 1.27 bits per heavy atom. The third kappa shape index (κ3) is 4.72. The topological polar surface area (TPSA) is 64.4 Å². The van der Waals surface area contributed by atoms with Crippen LogP contribution < -0.4 is 0 Å². The largest absolute Gasteiger partial charge is 0.376 e. The van der Waals surface area contributed by atoms with Gasteiger partial charge in [-0.2, -0.15) is 0 Å². The molecule has 1 aliphatic heterocycles. The number of ether oxygens (including phenoxy) is 1. The van der Waals surface area contributed by atoms with Crippen molar-refractivity contribution in [2.24, 2.45) is 0 Å². The minimum atomic E-state index is -3.38. The Hall–Kier alpha value is -1.70. The zero-order chi connectivity index (χ0) is 18.6. The van der Waals surface area contributed by atoms with E-state index in [0.717, 1.165) is 38.2 Å². The van der Waals surface area contributed by atoms with E-state index in [-0.39, 0.29) is 11.3 Å². The van der Waals surface area contributed by atoms with Gasteiger partial charge in [0.2, 0.25) is 15.0 Å². The molecule has 1 aromatic carbocycles. The second-order valence-corrected chi connectivity index (χ2v) is 8.75. The predicted molar refractivity (Wildman–Crippen MR) is 101 cm³/mol. The molecule has 0 N–H and O–H groups in total. The van der Waals surface area contributed by atoms with Crippen LogP contribution in [0.4, 0.5) is 0 Å². The summed E-state index contributed by atoms with van der Waals surface area (Å²) < 4.78 is 31.8. The van der Waals surface area contributed by atoms with Gasteiger partial charge in [0.1, 0.15) is 0 Å². The van der Waals surface area contributed by atoms with Crippen molar-refractivity contribution in [2.45, 2.75) is 50.7 Å². The molecule has 7 heteroatoms. The summed E-state index contributed by atoms with van der Waals surface area (Å²) in [7, 11) is -3.38. The summed E-state index contributed by atoms with van der Waals surface area (Å²) in [4.78, 5) is 6.50. The summed E-state index contributed by atoms with van der Waals surface area (Å²) in [6, 6.07) is 10.3. The normalized spacial score (nSPS) is 17.9. The molecule has 3 rings (SSSR count). The number of aromatic nitrogens is 2. The summed E-state index contributed by atoms with van der Waals surface area (Å²) in [5, 5.41) is 0.138. The van der Waals surface area contributed by atoms with Crippen LogP contribution in [0.3, 0.4) is 0 Å². The van der Waals surface area contributed by atoms with Crippen molar-refractivity contribution < 1.29 is 13.2 Å². The summed E-state index contributed by atoms with van der Waals surface area (Å²) in [6.07, 6.45) is 4.96. The highest BCUT2D eigenvalue weighted by atomic mass is 32.2. The maximum absolute atomic E-state index is 12.1. The van der Waals surface area contributed by atoms with E-state index >= 15 is 0 Å². The van der Waals surface area contributed by atoms with Gasteiger partial charge in [-0.3, -0.25) is 4.90 Å². The molecular formula is C19H27N3O3S. The van der Waals surface area contributed by atoms with Crippen LogP contribution in [-0.2, 0) is 34.2 Å². The van der Waals surface area contributed by atoms with Crippen LogP contribution in [0.1, 0.15) is 31.0 Å². The van der Waals surface area contributed by atoms with Gasteiger partial charge in [0.15, 0.2) is 0 Å².